The average molecular weight is 188 g/mol. The fourth-order valence-corrected chi connectivity index (χ4v) is 2.04. The fraction of sp³-hybridized carbons (Fsp3) is 0.455. The van der Waals surface area contributed by atoms with E-state index in [0.717, 1.165) is 25.0 Å². The molecule has 0 spiro atoms. The highest BCUT2D eigenvalue weighted by molar-refractivity contribution is 5.25. The van der Waals surface area contributed by atoms with Crippen molar-refractivity contribution in [3.8, 4) is 6.07 Å². The van der Waals surface area contributed by atoms with Gasteiger partial charge in [-0.05, 0) is 24.8 Å². The van der Waals surface area contributed by atoms with Crippen LogP contribution in [0.4, 0.5) is 0 Å². The predicted octanol–water partition coefficient (Wildman–Crippen LogP) is 1.25. The number of nitrogens with zero attached hydrogens (tertiary/aromatic N) is 2. The summed E-state index contributed by atoms with van der Waals surface area (Å²) in [7, 11) is 0. The normalized spacial score (nSPS) is 13.6. The third-order valence-corrected chi connectivity index (χ3v) is 2.70. The molecule has 0 amide bonds. The first-order valence-corrected chi connectivity index (χ1v) is 4.91. The molecule has 0 saturated carbocycles. The van der Waals surface area contributed by atoms with Crippen molar-refractivity contribution in [3.05, 3.63) is 33.7 Å². The minimum absolute atomic E-state index is 0.0286. The lowest BCUT2D eigenvalue weighted by molar-refractivity contribution is 0.649. The summed E-state index contributed by atoms with van der Waals surface area (Å²) in [5.41, 5.74) is 2.45. The van der Waals surface area contributed by atoms with Crippen molar-refractivity contribution in [3.63, 3.8) is 0 Å². The Kier molecular flexibility index (Phi) is 2.36. The molecule has 0 aromatic carbocycles. The Hall–Kier alpha value is -1.56. The van der Waals surface area contributed by atoms with Crippen LogP contribution in [0.3, 0.4) is 0 Å². The van der Waals surface area contributed by atoms with Crippen molar-refractivity contribution >= 4 is 0 Å². The van der Waals surface area contributed by atoms with E-state index >= 15 is 0 Å². The Morgan fingerprint density at radius 3 is 3.07 bits per heavy atom. The van der Waals surface area contributed by atoms with Crippen molar-refractivity contribution in [2.75, 3.05) is 0 Å². The summed E-state index contributed by atoms with van der Waals surface area (Å²) in [6.07, 6.45) is 3.60. The molecule has 0 unspecified atom stereocenters. The van der Waals surface area contributed by atoms with Crippen molar-refractivity contribution in [1.29, 1.82) is 5.26 Å². The van der Waals surface area contributed by atoms with Crippen molar-refractivity contribution < 1.29 is 0 Å². The molecule has 1 aliphatic rings. The smallest absolute Gasteiger partial charge is 0.250 e. The Morgan fingerprint density at radius 1 is 1.43 bits per heavy atom. The van der Waals surface area contributed by atoms with Gasteiger partial charge >= 0.3 is 0 Å². The molecule has 1 aromatic rings. The molecule has 1 aliphatic carbocycles. The van der Waals surface area contributed by atoms with Gasteiger partial charge in [-0.1, -0.05) is 6.07 Å². The van der Waals surface area contributed by atoms with E-state index in [1.165, 1.54) is 5.56 Å². The van der Waals surface area contributed by atoms with Gasteiger partial charge in [-0.2, -0.15) is 5.26 Å². The van der Waals surface area contributed by atoms with Gasteiger partial charge in [-0.15, -0.1) is 0 Å². The molecule has 3 nitrogen and oxygen atoms in total. The molecule has 0 fully saturated rings. The summed E-state index contributed by atoms with van der Waals surface area (Å²) >= 11 is 0. The zero-order chi connectivity index (χ0) is 9.97. The van der Waals surface area contributed by atoms with E-state index in [-0.39, 0.29) is 5.56 Å². The van der Waals surface area contributed by atoms with Crippen LogP contribution in [0.25, 0.3) is 0 Å². The SMILES string of the molecule is N#CCCn1c2c(ccc1=O)CCC2. The van der Waals surface area contributed by atoms with Gasteiger partial charge in [0.05, 0.1) is 12.5 Å². The molecule has 0 aliphatic heterocycles. The van der Waals surface area contributed by atoms with Crippen LogP contribution in [0.2, 0.25) is 0 Å². The van der Waals surface area contributed by atoms with Gasteiger partial charge in [-0.3, -0.25) is 4.79 Å². The molecule has 0 radical (unpaired) electrons. The van der Waals surface area contributed by atoms with Gasteiger partial charge in [0.2, 0.25) is 0 Å². The fourth-order valence-electron chi connectivity index (χ4n) is 2.04. The lowest BCUT2D eigenvalue weighted by Gasteiger charge is -2.09. The van der Waals surface area contributed by atoms with Crippen LogP contribution in [0.1, 0.15) is 24.1 Å². The van der Waals surface area contributed by atoms with E-state index < -0.39 is 0 Å². The van der Waals surface area contributed by atoms with E-state index in [1.807, 2.05) is 6.07 Å². The Bertz CT molecular complexity index is 440. The Labute approximate surface area is 82.6 Å². The third-order valence-electron chi connectivity index (χ3n) is 2.70. The van der Waals surface area contributed by atoms with Gasteiger partial charge < -0.3 is 4.57 Å². The first-order chi connectivity index (χ1) is 6.83. The number of aryl methyl sites for hydroxylation is 1. The molecule has 3 heteroatoms. The summed E-state index contributed by atoms with van der Waals surface area (Å²) in [6, 6.07) is 5.61. The maximum atomic E-state index is 11.5. The number of aromatic nitrogens is 1. The molecular weight excluding hydrogens is 176 g/mol. The van der Waals surface area contributed by atoms with Crippen molar-refractivity contribution in [2.45, 2.75) is 32.2 Å². The maximum absolute atomic E-state index is 11.5. The highest BCUT2D eigenvalue weighted by Gasteiger charge is 2.14. The number of hydrogen-bond donors (Lipinski definition) is 0. The van der Waals surface area contributed by atoms with Crippen LogP contribution in [-0.2, 0) is 19.4 Å². The van der Waals surface area contributed by atoms with E-state index in [0.29, 0.717) is 13.0 Å². The Morgan fingerprint density at radius 2 is 2.29 bits per heavy atom. The van der Waals surface area contributed by atoms with Crippen LogP contribution < -0.4 is 5.56 Å². The van der Waals surface area contributed by atoms with E-state index in [1.54, 1.807) is 10.6 Å². The zero-order valence-electron chi connectivity index (χ0n) is 7.99. The minimum Gasteiger partial charge on any atom is -0.311 e. The maximum Gasteiger partial charge on any atom is 0.250 e. The minimum atomic E-state index is 0.0286. The summed E-state index contributed by atoms with van der Waals surface area (Å²) in [6.45, 7) is 0.540. The second-order valence-corrected chi connectivity index (χ2v) is 3.56. The molecule has 2 rings (SSSR count). The molecular formula is C11H12N2O. The molecule has 0 N–H and O–H groups in total. The van der Waals surface area contributed by atoms with Gasteiger partial charge in [0.15, 0.2) is 0 Å². The average Bonchev–Trinajstić information content (AvgIpc) is 2.64. The molecule has 1 aromatic heterocycles. The number of nitriles is 1. The van der Waals surface area contributed by atoms with E-state index in [2.05, 4.69) is 6.07 Å². The van der Waals surface area contributed by atoms with E-state index in [9.17, 15) is 4.79 Å². The number of rotatable bonds is 2. The van der Waals surface area contributed by atoms with Crippen LogP contribution >= 0.6 is 0 Å². The monoisotopic (exact) mass is 188 g/mol. The summed E-state index contributed by atoms with van der Waals surface area (Å²) in [4.78, 5) is 11.5. The molecule has 0 bridgehead atoms. The van der Waals surface area contributed by atoms with Crippen LogP contribution in [0.15, 0.2) is 16.9 Å². The quantitative estimate of drug-likeness (QED) is 0.701. The van der Waals surface area contributed by atoms with Crippen molar-refractivity contribution in [2.24, 2.45) is 0 Å². The highest BCUT2D eigenvalue weighted by atomic mass is 16.1. The summed E-state index contributed by atoms with van der Waals surface area (Å²) < 4.78 is 1.76. The van der Waals surface area contributed by atoms with Crippen LogP contribution in [0.5, 0.6) is 0 Å². The molecule has 0 saturated heterocycles. The second-order valence-electron chi connectivity index (χ2n) is 3.56. The zero-order valence-corrected chi connectivity index (χ0v) is 7.99. The van der Waals surface area contributed by atoms with Gasteiger partial charge in [0.25, 0.3) is 5.56 Å². The topological polar surface area (TPSA) is 45.8 Å². The van der Waals surface area contributed by atoms with Crippen molar-refractivity contribution in [1.82, 2.24) is 4.57 Å². The lowest BCUT2D eigenvalue weighted by atomic mass is 10.2. The molecule has 72 valence electrons. The number of fused-ring (bicyclic) bond motifs is 1. The molecule has 1 heterocycles. The van der Waals surface area contributed by atoms with E-state index in [4.69, 9.17) is 5.26 Å². The molecule has 14 heavy (non-hydrogen) atoms. The summed E-state index contributed by atoms with van der Waals surface area (Å²) in [5, 5.41) is 8.50. The molecule has 0 atom stereocenters. The first kappa shape index (κ1) is 9.01. The van der Waals surface area contributed by atoms with Crippen LogP contribution in [0, 0.1) is 11.3 Å². The summed E-state index contributed by atoms with van der Waals surface area (Å²) in [5.74, 6) is 0. The first-order valence-electron chi connectivity index (χ1n) is 4.91. The predicted molar refractivity (Wildman–Crippen MR) is 53.0 cm³/mol. The number of pyridine rings is 1. The van der Waals surface area contributed by atoms with Gasteiger partial charge in [0.1, 0.15) is 0 Å². The third kappa shape index (κ3) is 1.44. The van der Waals surface area contributed by atoms with Crippen LogP contribution in [-0.4, -0.2) is 4.57 Å². The Balaban J connectivity index is 2.42. The van der Waals surface area contributed by atoms with Gasteiger partial charge in [-0.25, -0.2) is 0 Å². The number of hydrogen-bond acceptors (Lipinski definition) is 2. The largest absolute Gasteiger partial charge is 0.311 e. The lowest BCUT2D eigenvalue weighted by Crippen LogP contribution is -2.22. The second kappa shape index (κ2) is 3.67. The standard InChI is InChI=1S/C11H12N2O/c12-7-2-8-13-10-4-1-3-9(10)5-6-11(13)14/h5-6H,1-4,8H2. The highest BCUT2D eigenvalue weighted by Crippen LogP contribution is 2.19. The van der Waals surface area contributed by atoms with Gasteiger partial charge in [0, 0.05) is 18.3 Å².